The third-order valence-electron chi connectivity index (χ3n) is 5.06. The largest absolute Gasteiger partial charge is 0.369 e. The van der Waals surface area contributed by atoms with Crippen LogP contribution in [-0.4, -0.2) is 48.2 Å². The van der Waals surface area contributed by atoms with Crippen molar-refractivity contribution in [3.63, 3.8) is 0 Å². The van der Waals surface area contributed by atoms with E-state index in [1.807, 2.05) is 19.4 Å². The zero-order valence-electron chi connectivity index (χ0n) is 17.7. The Hall–Kier alpha value is -3.11. The number of amides is 1. The first kappa shape index (κ1) is 22.1. The Kier molecular flexibility index (Phi) is 6.07. The average molecular weight is 475 g/mol. The van der Waals surface area contributed by atoms with Crippen molar-refractivity contribution in [1.29, 1.82) is 0 Å². The molecule has 3 heterocycles. The SMILES string of the molecule is Cn1cc(C(=O)Nc2cc(Cl)cc(NS(C)(=O)=O)c2)cc1-c1ncc(N2CCCC2)cn1. The first-order valence-corrected chi connectivity index (χ1v) is 12.3. The number of aryl methyl sites for hydroxylation is 1. The number of sulfonamides is 1. The zero-order valence-corrected chi connectivity index (χ0v) is 19.2. The molecule has 1 aromatic carbocycles. The molecule has 1 aliphatic heterocycles. The molecule has 0 spiro atoms. The molecule has 1 amide bonds. The van der Waals surface area contributed by atoms with Crippen LogP contribution in [0, 0.1) is 0 Å². The van der Waals surface area contributed by atoms with E-state index in [1.165, 1.54) is 31.0 Å². The highest BCUT2D eigenvalue weighted by atomic mass is 35.5. The van der Waals surface area contributed by atoms with Crippen LogP contribution in [0.25, 0.3) is 11.5 Å². The summed E-state index contributed by atoms with van der Waals surface area (Å²) in [5.74, 6) is 0.157. The van der Waals surface area contributed by atoms with Gasteiger partial charge in [-0.15, -0.1) is 0 Å². The van der Waals surface area contributed by atoms with Gasteiger partial charge in [-0.1, -0.05) is 11.6 Å². The van der Waals surface area contributed by atoms with Gasteiger partial charge in [0, 0.05) is 37.0 Å². The van der Waals surface area contributed by atoms with Gasteiger partial charge >= 0.3 is 0 Å². The van der Waals surface area contributed by atoms with Crippen LogP contribution in [0.5, 0.6) is 0 Å². The highest BCUT2D eigenvalue weighted by molar-refractivity contribution is 7.92. The molecule has 2 N–H and O–H groups in total. The fraction of sp³-hybridized carbons (Fsp3) is 0.286. The number of nitrogens with zero attached hydrogens (tertiary/aromatic N) is 4. The lowest BCUT2D eigenvalue weighted by molar-refractivity contribution is 0.102. The van der Waals surface area contributed by atoms with E-state index in [9.17, 15) is 13.2 Å². The van der Waals surface area contributed by atoms with E-state index < -0.39 is 10.0 Å². The van der Waals surface area contributed by atoms with Gasteiger partial charge in [-0.25, -0.2) is 18.4 Å². The molecule has 0 aliphatic carbocycles. The van der Waals surface area contributed by atoms with Crippen LogP contribution in [0.1, 0.15) is 23.2 Å². The van der Waals surface area contributed by atoms with Crippen molar-refractivity contribution < 1.29 is 13.2 Å². The van der Waals surface area contributed by atoms with Gasteiger partial charge in [0.25, 0.3) is 5.91 Å². The van der Waals surface area contributed by atoms with E-state index in [2.05, 4.69) is 24.9 Å². The van der Waals surface area contributed by atoms with E-state index in [0.717, 1.165) is 25.0 Å². The number of halogens is 1. The molecule has 9 nitrogen and oxygen atoms in total. The Bertz CT molecular complexity index is 1250. The lowest BCUT2D eigenvalue weighted by atomic mass is 10.2. The number of carbonyl (C=O) groups excluding carboxylic acids is 1. The highest BCUT2D eigenvalue weighted by Crippen LogP contribution is 2.25. The minimum atomic E-state index is -3.47. The van der Waals surface area contributed by atoms with Crippen LogP contribution in [0.4, 0.5) is 17.1 Å². The maximum Gasteiger partial charge on any atom is 0.257 e. The zero-order chi connectivity index (χ0) is 22.9. The van der Waals surface area contributed by atoms with Gasteiger partial charge in [-0.05, 0) is 37.1 Å². The van der Waals surface area contributed by atoms with Gasteiger partial charge in [0.05, 0.1) is 41.3 Å². The van der Waals surface area contributed by atoms with Crippen molar-refractivity contribution >= 4 is 44.6 Å². The Morgan fingerprint density at radius 2 is 1.72 bits per heavy atom. The van der Waals surface area contributed by atoms with Crippen molar-refractivity contribution in [2.45, 2.75) is 12.8 Å². The summed E-state index contributed by atoms with van der Waals surface area (Å²) < 4.78 is 27.1. The molecule has 1 fully saturated rings. The van der Waals surface area contributed by atoms with Crippen LogP contribution < -0.4 is 14.9 Å². The van der Waals surface area contributed by atoms with Gasteiger partial charge in [-0.2, -0.15) is 0 Å². The fourth-order valence-electron chi connectivity index (χ4n) is 3.64. The first-order valence-electron chi connectivity index (χ1n) is 10.0. The van der Waals surface area contributed by atoms with Crippen molar-refractivity contribution in [2.75, 3.05) is 34.3 Å². The molecule has 0 atom stereocenters. The van der Waals surface area contributed by atoms with Gasteiger partial charge in [0.15, 0.2) is 5.82 Å². The minimum absolute atomic E-state index is 0.260. The third-order valence-corrected chi connectivity index (χ3v) is 5.89. The van der Waals surface area contributed by atoms with Crippen molar-refractivity contribution in [3.05, 3.63) is 53.4 Å². The van der Waals surface area contributed by atoms with Crippen molar-refractivity contribution in [1.82, 2.24) is 14.5 Å². The van der Waals surface area contributed by atoms with Gasteiger partial charge in [0.1, 0.15) is 0 Å². The summed E-state index contributed by atoms with van der Waals surface area (Å²) in [7, 11) is -1.66. The van der Waals surface area contributed by atoms with E-state index in [0.29, 0.717) is 22.8 Å². The summed E-state index contributed by atoms with van der Waals surface area (Å²) in [6.45, 7) is 2.03. The van der Waals surface area contributed by atoms with Crippen molar-refractivity contribution in [3.8, 4) is 11.5 Å². The predicted octanol–water partition coefficient (Wildman–Crippen LogP) is 3.36. The van der Waals surface area contributed by atoms with E-state index in [4.69, 9.17) is 11.6 Å². The summed E-state index contributed by atoms with van der Waals surface area (Å²) in [5.41, 5.74) is 2.74. The quantitative estimate of drug-likeness (QED) is 0.567. The molecule has 0 bridgehead atoms. The van der Waals surface area contributed by atoms with Crippen LogP contribution in [-0.2, 0) is 17.1 Å². The Morgan fingerprint density at radius 1 is 1.06 bits per heavy atom. The standard InChI is InChI=1S/C21H23ClN6O3S/c1-27-13-14(7-19(27)20-23-11-18(12-24-20)28-5-3-4-6-28)21(29)25-16-8-15(22)9-17(10-16)26-32(2,30)31/h7-13,26H,3-6H2,1-2H3,(H,25,29). The smallest absolute Gasteiger partial charge is 0.257 e. The van der Waals surface area contributed by atoms with Gasteiger partial charge < -0.3 is 14.8 Å². The first-order chi connectivity index (χ1) is 15.2. The number of hydrogen-bond acceptors (Lipinski definition) is 6. The molecule has 11 heteroatoms. The van der Waals surface area contributed by atoms with Crippen LogP contribution in [0.3, 0.4) is 0 Å². The molecular weight excluding hydrogens is 452 g/mol. The molecule has 168 valence electrons. The molecular formula is C21H23ClN6O3S. The van der Waals surface area contributed by atoms with Gasteiger partial charge in [0.2, 0.25) is 10.0 Å². The molecule has 2 aromatic heterocycles. The molecule has 32 heavy (non-hydrogen) atoms. The van der Waals surface area contributed by atoms with E-state index in [1.54, 1.807) is 16.8 Å². The molecule has 1 aliphatic rings. The van der Waals surface area contributed by atoms with E-state index >= 15 is 0 Å². The maximum atomic E-state index is 12.8. The summed E-state index contributed by atoms with van der Waals surface area (Å²) in [5, 5.41) is 3.03. The number of rotatable bonds is 6. The van der Waals surface area contributed by atoms with Crippen molar-refractivity contribution in [2.24, 2.45) is 7.05 Å². The van der Waals surface area contributed by atoms with Crippen LogP contribution in [0.15, 0.2) is 42.9 Å². The minimum Gasteiger partial charge on any atom is -0.369 e. The number of aromatic nitrogens is 3. The van der Waals surface area contributed by atoms with Gasteiger partial charge in [-0.3, -0.25) is 9.52 Å². The summed E-state index contributed by atoms with van der Waals surface area (Å²) in [6.07, 6.45) is 8.69. The number of anilines is 3. The second-order valence-corrected chi connectivity index (χ2v) is 9.93. The molecule has 0 saturated carbocycles. The number of carbonyl (C=O) groups is 1. The number of hydrogen-bond donors (Lipinski definition) is 2. The normalized spacial score (nSPS) is 13.9. The monoisotopic (exact) mass is 474 g/mol. The van der Waals surface area contributed by atoms with E-state index in [-0.39, 0.29) is 16.6 Å². The molecule has 1 saturated heterocycles. The topological polar surface area (TPSA) is 109 Å². The second kappa shape index (κ2) is 8.79. The number of nitrogens with one attached hydrogen (secondary N) is 2. The summed E-state index contributed by atoms with van der Waals surface area (Å²) in [4.78, 5) is 24.0. The van der Waals surface area contributed by atoms with Crippen LogP contribution in [0.2, 0.25) is 5.02 Å². The molecule has 3 aromatic rings. The number of benzene rings is 1. The molecule has 0 radical (unpaired) electrons. The Labute approximate surface area is 191 Å². The maximum absolute atomic E-state index is 12.8. The fourth-order valence-corrected chi connectivity index (χ4v) is 4.42. The Morgan fingerprint density at radius 3 is 2.38 bits per heavy atom. The summed E-state index contributed by atoms with van der Waals surface area (Å²) in [6, 6.07) is 6.20. The summed E-state index contributed by atoms with van der Waals surface area (Å²) >= 11 is 6.07. The predicted molar refractivity (Wildman–Crippen MR) is 126 cm³/mol. The molecule has 4 rings (SSSR count). The highest BCUT2D eigenvalue weighted by Gasteiger charge is 2.17. The second-order valence-electron chi connectivity index (χ2n) is 7.74. The van der Waals surface area contributed by atoms with Crippen LogP contribution >= 0.6 is 11.6 Å². The Balaban J connectivity index is 1.52. The lowest BCUT2D eigenvalue weighted by Crippen LogP contribution is -2.18. The lowest BCUT2D eigenvalue weighted by Gasteiger charge is -2.16. The molecule has 0 unspecified atom stereocenters. The third kappa shape index (κ3) is 5.20. The average Bonchev–Trinajstić information content (AvgIpc) is 3.36.